The van der Waals surface area contributed by atoms with Gasteiger partial charge in [0.05, 0.1) is 0 Å². The van der Waals surface area contributed by atoms with Crippen LogP contribution < -0.4 is 5.32 Å². The van der Waals surface area contributed by atoms with E-state index >= 15 is 0 Å². The lowest BCUT2D eigenvalue weighted by Crippen LogP contribution is -2.61. The van der Waals surface area contributed by atoms with Crippen molar-refractivity contribution < 1.29 is 0 Å². The van der Waals surface area contributed by atoms with Crippen LogP contribution in [0.3, 0.4) is 0 Å². The molecule has 2 nitrogen and oxygen atoms in total. The Labute approximate surface area is 94.7 Å². The van der Waals surface area contributed by atoms with Crippen LogP contribution in [0.4, 0.5) is 0 Å². The van der Waals surface area contributed by atoms with E-state index in [9.17, 15) is 0 Å². The van der Waals surface area contributed by atoms with E-state index in [0.29, 0.717) is 6.04 Å². The maximum absolute atomic E-state index is 3.85. The number of piperazine rings is 1. The molecule has 0 amide bonds. The van der Waals surface area contributed by atoms with Crippen LogP contribution >= 0.6 is 0 Å². The van der Waals surface area contributed by atoms with Crippen molar-refractivity contribution in [2.75, 3.05) is 19.6 Å². The molecule has 0 aromatic carbocycles. The summed E-state index contributed by atoms with van der Waals surface area (Å²) in [7, 11) is 0. The molecule has 1 aliphatic rings. The highest BCUT2D eigenvalue weighted by Crippen LogP contribution is 2.19. The first-order chi connectivity index (χ1) is 6.94. The Kier molecular flexibility index (Phi) is 4.35. The van der Waals surface area contributed by atoms with Crippen LogP contribution in [0.5, 0.6) is 0 Å². The summed E-state index contributed by atoms with van der Waals surface area (Å²) in [6.07, 6.45) is 3.30. The summed E-state index contributed by atoms with van der Waals surface area (Å²) in [4.78, 5) is 2.56. The molecule has 0 aliphatic carbocycles. The van der Waals surface area contributed by atoms with Gasteiger partial charge in [-0.1, -0.05) is 19.9 Å². The van der Waals surface area contributed by atoms with Gasteiger partial charge in [-0.15, -0.1) is 6.58 Å². The fourth-order valence-electron chi connectivity index (χ4n) is 2.37. The van der Waals surface area contributed by atoms with Crippen LogP contribution in [0.1, 0.15) is 34.1 Å². The molecule has 0 spiro atoms. The first-order valence-electron chi connectivity index (χ1n) is 6.04. The topological polar surface area (TPSA) is 15.3 Å². The van der Waals surface area contributed by atoms with E-state index in [1.165, 1.54) is 6.42 Å². The third kappa shape index (κ3) is 3.96. The van der Waals surface area contributed by atoms with Gasteiger partial charge < -0.3 is 5.32 Å². The summed E-state index contributed by atoms with van der Waals surface area (Å²) in [6.45, 7) is 16.2. The molecule has 1 heterocycles. The first-order valence-corrected chi connectivity index (χ1v) is 6.04. The molecule has 0 radical (unpaired) electrons. The normalized spacial score (nSPS) is 26.9. The Balaban J connectivity index is 2.58. The van der Waals surface area contributed by atoms with Gasteiger partial charge in [-0.25, -0.2) is 0 Å². The lowest BCUT2D eigenvalue weighted by atomic mass is 9.94. The molecule has 1 rings (SSSR count). The average molecular weight is 210 g/mol. The largest absolute Gasteiger partial charge is 0.309 e. The van der Waals surface area contributed by atoms with E-state index in [2.05, 4.69) is 44.5 Å². The second-order valence-electron chi connectivity index (χ2n) is 5.77. The molecule has 15 heavy (non-hydrogen) atoms. The number of hydrogen-bond donors (Lipinski definition) is 1. The Morgan fingerprint density at radius 2 is 2.20 bits per heavy atom. The maximum Gasteiger partial charge on any atom is 0.0253 e. The van der Waals surface area contributed by atoms with Crippen LogP contribution in [0.25, 0.3) is 0 Å². The van der Waals surface area contributed by atoms with Gasteiger partial charge in [0.1, 0.15) is 0 Å². The minimum absolute atomic E-state index is 0.247. The lowest BCUT2D eigenvalue weighted by Gasteiger charge is -2.45. The summed E-state index contributed by atoms with van der Waals surface area (Å²) < 4.78 is 0. The van der Waals surface area contributed by atoms with Gasteiger partial charge in [-0.2, -0.15) is 0 Å². The van der Waals surface area contributed by atoms with Crippen LogP contribution in [0, 0.1) is 5.92 Å². The van der Waals surface area contributed by atoms with Crippen LogP contribution in [0.2, 0.25) is 0 Å². The molecule has 1 saturated heterocycles. The molecule has 1 aliphatic heterocycles. The van der Waals surface area contributed by atoms with E-state index in [-0.39, 0.29) is 5.54 Å². The second kappa shape index (κ2) is 5.13. The van der Waals surface area contributed by atoms with Gasteiger partial charge in [0.25, 0.3) is 0 Å². The maximum atomic E-state index is 3.85. The van der Waals surface area contributed by atoms with Gasteiger partial charge in [0.15, 0.2) is 0 Å². The molecule has 0 aromatic rings. The minimum Gasteiger partial charge on any atom is -0.309 e. The molecule has 2 heteroatoms. The predicted octanol–water partition coefficient (Wildman–Crippen LogP) is 2.27. The van der Waals surface area contributed by atoms with Gasteiger partial charge in [0.2, 0.25) is 0 Å². The van der Waals surface area contributed by atoms with Gasteiger partial charge in [-0.3, -0.25) is 4.90 Å². The quantitative estimate of drug-likeness (QED) is 0.716. The Hall–Kier alpha value is -0.340. The molecule has 88 valence electrons. The van der Waals surface area contributed by atoms with Crippen molar-refractivity contribution in [1.29, 1.82) is 0 Å². The Morgan fingerprint density at radius 1 is 1.53 bits per heavy atom. The highest BCUT2D eigenvalue weighted by Gasteiger charge is 2.31. The van der Waals surface area contributed by atoms with Crippen molar-refractivity contribution in [3.8, 4) is 0 Å². The van der Waals surface area contributed by atoms with Crippen molar-refractivity contribution >= 4 is 0 Å². The molecule has 1 unspecified atom stereocenters. The predicted molar refractivity (Wildman–Crippen MR) is 67.1 cm³/mol. The monoisotopic (exact) mass is 210 g/mol. The molecular weight excluding hydrogens is 184 g/mol. The summed E-state index contributed by atoms with van der Waals surface area (Å²) in [5.74, 6) is 0.769. The van der Waals surface area contributed by atoms with E-state index in [1.54, 1.807) is 0 Å². The zero-order chi connectivity index (χ0) is 11.5. The van der Waals surface area contributed by atoms with Gasteiger partial charge >= 0.3 is 0 Å². The van der Waals surface area contributed by atoms with Crippen molar-refractivity contribution in [3.05, 3.63) is 12.7 Å². The van der Waals surface area contributed by atoms with E-state index in [1.807, 2.05) is 6.08 Å². The standard InChI is InChI=1S/C13H26N2/c1-6-7-15-10-13(4,5)14-9-12(15)8-11(2)3/h6,11-12,14H,1,7-10H2,2-5H3. The molecule has 0 aromatic heterocycles. The zero-order valence-electron chi connectivity index (χ0n) is 10.7. The van der Waals surface area contributed by atoms with Crippen molar-refractivity contribution in [2.45, 2.75) is 45.7 Å². The van der Waals surface area contributed by atoms with Crippen LogP contribution in [-0.2, 0) is 0 Å². The van der Waals surface area contributed by atoms with E-state index in [4.69, 9.17) is 0 Å². The fraction of sp³-hybridized carbons (Fsp3) is 0.846. The fourth-order valence-corrected chi connectivity index (χ4v) is 2.37. The third-order valence-electron chi connectivity index (χ3n) is 3.04. The van der Waals surface area contributed by atoms with E-state index < -0.39 is 0 Å². The summed E-state index contributed by atoms with van der Waals surface area (Å²) >= 11 is 0. The Bertz CT molecular complexity index is 209. The SMILES string of the molecule is C=CCN1CC(C)(C)NCC1CC(C)C. The van der Waals surface area contributed by atoms with Gasteiger partial charge in [0, 0.05) is 31.2 Å². The number of rotatable bonds is 4. The zero-order valence-corrected chi connectivity index (χ0v) is 10.7. The summed E-state index contributed by atoms with van der Waals surface area (Å²) in [6, 6.07) is 0.677. The van der Waals surface area contributed by atoms with E-state index in [0.717, 1.165) is 25.6 Å². The average Bonchev–Trinajstić information content (AvgIpc) is 2.09. The lowest BCUT2D eigenvalue weighted by molar-refractivity contribution is 0.0943. The molecule has 0 saturated carbocycles. The molecule has 1 atom stereocenters. The van der Waals surface area contributed by atoms with Crippen molar-refractivity contribution in [1.82, 2.24) is 10.2 Å². The second-order valence-corrected chi connectivity index (χ2v) is 5.77. The third-order valence-corrected chi connectivity index (χ3v) is 3.04. The molecule has 1 N–H and O–H groups in total. The smallest absolute Gasteiger partial charge is 0.0253 e. The van der Waals surface area contributed by atoms with Crippen molar-refractivity contribution in [3.63, 3.8) is 0 Å². The summed E-state index contributed by atoms with van der Waals surface area (Å²) in [5, 5.41) is 3.63. The molecular formula is C13H26N2. The number of nitrogens with zero attached hydrogens (tertiary/aromatic N) is 1. The highest BCUT2D eigenvalue weighted by molar-refractivity contribution is 4.94. The van der Waals surface area contributed by atoms with Crippen LogP contribution in [0.15, 0.2) is 12.7 Å². The first kappa shape index (κ1) is 12.7. The molecule has 1 fully saturated rings. The number of nitrogens with one attached hydrogen (secondary N) is 1. The van der Waals surface area contributed by atoms with Crippen LogP contribution in [-0.4, -0.2) is 36.1 Å². The van der Waals surface area contributed by atoms with Gasteiger partial charge in [-0.05, 0) is 26.2 Å². The molecule has 0 bridgehead atoms. The van der Waals surface area contributed by atoms with Crippen molar-refractivity contribution in [2.24, 2.45) is 5.92 Å². The minimum atomic E-state index is 0.247. The highest BCUT2D eigenvalue weighted by atomic mass is 15.2. The number of hydrogen-bond acceptors (Lipinski definition) is 2. The summed E-state index contributed by atoms with van der Waals surface area (Å²) in [5.41, 5.74) is 0.247. The Morgan fingerprint density at radius 3 is 2.73 bits per heavy atom.